The molecule has 0 amide bonds. The van der Waals surface area contributed by atoms with Gasteiger partial charge < -0.3 is 4.74 Å². The second kappa shape index (κ2) is 6.21. The summed E-state index contributed by atoms with van der Waals surface area (Å²) in [7, 11) is -3.90. The molecular weight excluding hydrogens is 357 g/mol. The first-order chi connectivity index (χ1) is 11.7. The van der Waals surface area contributed by atoms with Gasteiger partial charge in [-0.2, -0.15) is 13.2 Å². The Morgan fingerprint density at radius 1 is 1.28 bits per heavy atom. The van der Waals surface area contributed by atoms with Gasteiger partial charge in [-0.1, -0.05) is 18.2 Å². The van der Waals surface area contributed by atoms with E-state index in [0.717, 1.165) is 16.4 Å². The summed E-state index contributed by atoms with van der Waals surface area (Å²) in [5.74, 6) is -0.355. The summed E-state index contributed by atoms with van der Waals surface area (Å²) in [5.41, 5.74) is -0.524. The zero-order chi connectivity index (χ0) is 18.2. The Bertz CT molecular complexity index is 884. The van der Waals surface area contributed by atoms with E-state index in [9.17, 15) is 21.6 Å². The molecule has 1 atom stereocenters. The number of pyridine rings is 1. The molecule has 1 aromatic carbocycles. The zero-order valence-corrected chi connectivity index (χ0v) is 14.0. The molecule has 0 aliphatic carbocycles. The van der Waals surface area contributed by atoms with E-state index in [1.165, 1.54) is 18.3 Å². The van der Waals surface area contributed by atoms with Crippen molar-refractivity contribution in [3.05, 3.63) is 53.7 Å². The Morgan fingerprint density at radius 3 is 2.76 bits per heavy atom. The number of nitrogens with zero attached hydrogens (tertiary/aromatic N) is 2. The molecule has 2 aromatic rings. The molecule has 0 spiro atoms. The topological polar surface area (TPSA) is 59.5 Å². The van der Waals surface area contributed by atoms with Crippen LogP contribution in [0.15, 0.2) is 42.6 Å². The van der Waals surface area contributed by atoms with Crippen molar-refractivity contribution in [3.63, 3.8) is 0 Å². The molecule has 5 nitrogen and oxygen atoms in total. The van der Waals surface area contributed by atoms with Gasteiger partial charge in [0.2, 0.25) is 15.9 Å². The van der Waals surface area contributed by atoms with E-state index >= 15 is 0 Å². The molecule has 0 radical (unpaired) electrons. The normalized spacial score (nSPS) is 17.8. The average Bonchev–Trinajstić information content (AvgIpc) is 2.53. The third-order valence-corrected chi connectivity index (χ3v) is 5.41. The van der Waals surface area contributed by atoms with Crippen molar-refractivity contribution in [2.24, 2.45) is 0 Å². The Balaban J connectivity index is 1.93. The number of hydrogen-bond acceptors (Lipinski definition) is 4. The fraction of sp³-hybridized carbons (Fsp3) is 0.312. The zero-order valence-electron chi connectivity index (χ0n) is 13.2. The highest BCUT2D eigenvalue weighted by Gasteiger charge is 2.34. The number of halogens is 3. The number of anilines is 1. The van der Waals surface area contributed by atoms with Gasteiger partial charge >= 0.3 is 6.18 Å². The summed E-state index contributed by atoms with van der Waals surface area (Å²) in [4.78, 5) is 4.01. The number of rotatable bonds is 3. The summed E-state index contributed by atoms with van der Waals surface area (Å²) in [6, 6.07) is 7.45. The van der Waals surface area contributed by atoms with Gasteiger partial charge in [-0.15, -0.1) is 0 Å². The van der Waals surface area contributed by atoms with Crippen LogP contribution in [0.2, 0.25) is 0 Å². The van der Waals surface area contributed by atoms with Gasteiger partial charge in [-0.3, -0.25) is 4.31 Å². The van der Waals surface area contributed by atoms with Crippen LogP contribution in [0.3, 0.4) is 0 Å². The van der Waals surface area contributed by atoms with Gasteiger partial charge in [0.15, 0.2) is 0 Å². The minimum atomic E-state index is -4.52. The van der Waals surface area contributed by atoms with Crippen LogP contribution >= 0.6 is 0 Å². The number of fused-ring (bicyclic) bond motifs is 1. The van der Waals surface area contributed by atoms with Crippen molar-refractivity contribution >= 4 is 15.7 Å². The number of benzene rings is 1. The highest BCUT2D eigenvalue weighted by molar-refractivity contribution is 7.92. The molecule has 1 aliphatic heterocycles. The Morgan fingerprint density at radius 2 is 2.04 bits per heavy atom. The Kier molecular flexibility index (Phi) is 4.36. The second-order valence-corrected chi connectivity index (χ2v) is 7.63. The standard InChI is InChI=1S/C16H15F3N2O3S/c1-11-9-21(14-6-3-7-20-15(14)24-11)25(22,23)10-12-4-2-5-13(8-12)16(17,18)19/h2-8,11H,9-10H2,1H3. The fourth-order valence-corrected chi connectivity index (χ4v) is 4.24. The van der Waals surface area contributed by atoms with E-state index in [1.54, 1.807) is 19.1 Å². The monoisotopic (exact) mass is 372 g/mol. The number of sulfonamides is 1. The number of alkyl halides is 3. The van der Waals surface area contributed by atoms with Crippen molar-refractivity contribution in [2.45, 2.75) is 25.0 Å². The van der Waals surface area contributed by atoms with Crippen LogP contribution in [0.25, 0.3) is 0 Å². The van der Waals surface area contributed by atoms with Crippen LogP contribution in [0.5, 0.6) is 5.88 Å². The van der Waals surface area contributed by atoms with Crippen molar-refractivity contribution < 1.29 is 26.3 Å². The highest BCUT2D eigenvalue weighted by atomic mass is 32.2. The molecule has 1 aromatic heterocycles. The van der Waals surface area contributed by atoms with E-state index in [-0.39, 0.29) is 23.7 Å². The van der Waals surface area contributed by atoms with Crippen LogP contribution in [-0.4, -0.2) is 26.1 Å². The summed E-state index contributed by atoms with van der Waals surface area (Å²) in [6.45, 7) is 1.77. The molecule has 0 saturated carbocycles. The van der Waals surface area contributed by atoms with Crippen LogP contribution < -0.4 is 9.04 Å². The molecule has 134 valence electrons. The maximum Gasteiger partial charge on any atom is 0.416 e. The molecule has 9 heteroatoms. The minimum absolute atomic E-state index is 0.0689. The van der Waals surface area contributed by atoms with Gasteiger partial charge in [0.25, 0.3) is 0 Å². The molecule has 1 unspecified atom stereocenters. The first-order valence-corrected chi connectivity index (χ1v) is 9.06. The molecule has 1 aliphatic rings. The lowest BCUT2D eigenvalue weighted by molar-refractivity contribution is -0.137. The van der Waals surface area contributed by atoms with Gasteiger partial charge in [0.05, 0.1) is 17.9 Å². The molecule has 3 rings (SSSR count). The summed E-state index contributed by atoms with van der Waals surface area (Å²) in [5, 5.41) is 0. The van der Waals surface area contributed by atoms with E-state index in [0.29, 0.717) is 0 Å². The molecule has 2 heterocycles. The van der Waals surface area contributed by atoms with E-state index in [4.69, 9.17) is 4.74 Å². The maximum atomic E-state index is 12.8. The average molecular weight is 372 g/mol. The van der Waals surface area contributed by atoms with Crippen molar-refractivity contribution in [3.8, 4) is 5.88 Å². The van der Waals surface area contributed by atoms with E-state index in [1.807, 2.05) is 0 Å². The lowest BCUT2D eigenvalue weighted by Gasteiger charge is -2.33. The fourth-order valence-electron chi connectivity index (χ4n) is 2.61. The number of hydrogen-bond donors (Lipinski definition) is 0. The quantitative estimate of drug-likeness (QED) is 0.830. The maximum absolute atomic E-state index is 12.8. The lowest BCUT2D eigenvalue weighted by atomic mass is 10.1. The van der Waals surface area contributed by atoms with Crippen LogP contribution in [-0.2, 0) is 22.0 Å². The predicted octanol–water partition coefficient (Wildman–Crippen LogP) is 3.22. The first-order valence-electron chi connectivity index (χ1n) is 7.45. The predicted molar refractivity (Wildman–Crippen MR) is 85.7 cm³/mol. The first kappa shape index (κ1) is 17.5. The van der Waals surface area contributed by atoms with E-state index in [2.05, 4.69) is 4.98 Å². The summed E-state index contributed by atoms with van der Waals surface area (Å²) in [6.07, 6.45) is -3.46. The summed E-state index contributed by atoms with van der Waals surface area (Å²) < 4.78 is 70.7. The Hall–Kier alpha value is -2.29. The molecule has 0 bridgehead atoms. The van der Waals surface area contributed by atoms with Crippen LogP contribution in [0, 0.1) is 0 Å². The van der Waals surface area contributed by atoms with Crippen molar-refractivity contribution in [1.82, 2.24) is 4.98 Å². The third-order valence-electron chi connectivity index (χ3n) is 3.69. The number of ether oxygens (including phenoxy) is 1. The minimum Gasteiger partial charge on any atom is -0.471 e. The highest BCUT2D eigenvalue weighted by Crippen LogP contribution is 2.34. The molecule has 25 heavy (non-hydrogen) atoms. The van der Waals surface area contributed by atoms with Crippen molar-refractivity contribution in [1.29, 1.82) is 0 Å². The largest absolute Gasteiger partial charge is 0.471 e. The van der Waals surface area contributed by atoms with E-state index < -0.39 is 33.6 Å². The summed E-state index contributed by atoms with van der Waals surface area (Å²) >= 11 is 0. The van der Waals surface area contributed by atoms with Gasteiger partial charge in [-0.25, -0.2) is 13.4 Å². The second-order valence-electron chi connectivity index (χ2n) is 5.74. The smallest absolute Gasteiger partial charge is 0.416 e. The van der Waals surface area contributed by atoms with Gasteiger partial charge in [-0.05, 0) is 30.7 Å². The molecule has 0 saturated heterocycles. The molecular formula is C16H15F3N2O3S. The van der Waals surface area contributed by atoms with Gasteiger partial charge in [0, 0.05) is 6.20 Å². The lowest BCUT2D eigenvalue weighted by Crippen LogP contribution is -2.43. The molecule has 0 N–H and O–H groups in total. The van der Waals surface area contributed by atoms with Crippen molar-refractivity contribution in [2.75, 3.05) is 10.8 Å². The van der Waals surface area contributed by atoms with Crippen LogP contribution in [0.4, 0.5) is 18.9 Å². The third kappa shape index (κ3) is 3.71. The van der Waals surface area contributed by atoms with Crippen LogP contribution in [0.1, 0.15) is 18.1 Å². The number of aromatic nitrogens is 1. The van der Waals surface area contributed by atoms with Gasteiger partial charge in [0.1, 0.15) is 11.8 Å². The Labute approximate surface area is 143 Å². The molecule has 0 fully saturated rings. The SMILES string of the molecule is CC1CN(S(=O)(=O)Cc2cccc(C(F)(F)F)c2)c2cccnc2O1.